The summed E-state index contributed by atoms with van der Waals surface area (Å²) in [5.74, 6) is 1.02. The molecule has 24 heavy (non-hydrogen) atoms. The summed E-state index contributed by atoms with van der Waals surface area (Å²) in [4.78, 5) is 26.4. The Bertz CT molecular complexity index is 814. The molecule has 0 unspecified atom stereocenters. The molecule has 2 amide bonds. The summed E-state index contributed by atoms with van der Waals surface area (Å²) in [6.45, 7) is 0. The lowest BCUT2D eigenvalue weighted by Crippen LogP contribution is -2.27. The van der Waals surface area contributed by atoms with Gasteiger partial charge in [0.15, 0.2) is 0 Å². The fourth-order valence-corrected chi connectivity index (χ4v) is 3.15. The zero-order valence-corrected chi connectivity index (χ0v) is 14.0. The Kier molecular flexibility index (Phi) is 4.57. The normalized spacial score (nSPS) is 15.9. The molecule has 0 N–H and O–H groups in total. The van der Waals surface area contributed by atoms with E-state index in [9.17, 15) is 9.59 Å². The third-order valence-electron chi connectivity index (χ3n) is 3.52. The van der Waals surface area contributed by atoms with Gasteiger partial charge in [0.05, 0.1) is 24.8 Å². The Morgan fingerprint density at radius 2 is 1.67 bits per heavy atom. The Balaban J connectivity index is 1.89. The Hall–Kier alpha value is -2.73. The molecule has 3 rings (SSSR count). The van der Waals surface area contributed by atoms with E-state index in [0.29, 0.717) is 22.1 Å². The third kappa shape index (κ3) is 3.14. The van der Waals surface area contributed by atoms with Gasteiger partial charge in [-0.15, -0.1) is 0 Å². The average molecular weight is 341 g/mol. The minimum absolute atomic E-state index is 0.320. The van der Waals surface area contributed by atoms with Crippen molar-refractivity contribution in [1.82, 2.24) is 0 Å². The molecule has 0 aromatic heterocycles. The number of carbonyl (C=O) groups excluding carboxylic acids is 2. The standard InChI is InChI=1S/C18H15NO4S/c1-22-14-8-6-13(7-9-14)19-17(20)16(24-18(19)21)11-12-4-3-5-15(10-12)23-2/h3-11H,1-2H3/b16-11-. The van der Waals surface area contributed by atoms with Gasteiger partial charge >= 0.3 is 0 Å². The minimum Gasteiger partial charge on any atom is -0.497 e. The summed E-state index contributed by atoms with van der Waals surface area (Å²) in [6.07, 6.45) is 1.69. The molecular weight excluding hydrogens is 326 g/mol. The highest BCUT2D eigenvalue weighted by molar-refractivity contribution is 8.19. The van der Waals surface area contributed by atoms with Crippen molar-refractivity contribution >= 4 is 34.7 Å². The largest absolute Gasteiger partial charge is 0.497 e. The highest BCUT2D eigenvalue weighted by Crippen LogP contribution is 2.36. The van der Waals surface area contributed by atoms with Gasteiger partial charge in [0.25, 0.3) is 11.1 Å². The lowest BCUT2D eigenvalue weighted by molar-refractivity contribution is -0.113. The van der Waals surface area contributed by atoms with Crippen molar-refractivity contribution < 1.29 is 19.1 Å². The van der Waals surface area contributed by atoms with Crippen molar-refractivity contribution in [3.63, 3.8) is 0 Å². The number of carbonyl (C=O) groups is 2. The van der Waals surface area contributed by atoms with E-state index in [1.165, 1.54) is 0 Å². The van der Waals surface area contributed by atoms with Gasteiger partial charge in [-0.2, -0.15) is 0 Å². The first-order chi connectivity index (χ1) is 11.6. The number of ether oxygens (including phenoxy) is 2. The molecular formula is C18H15NO4S. The zero-order valence-electron chi connectivity index (χ0n) is 13.2. The monoisotopic (exact) mass is 341 g/mol. The molecule has 1 aliphatic rings. The van der Waals surface area contributed by atoms with Crippen LogP contribution in [0.15, 0.2) is 53.4 Å². The highest BCUT2D eigenvalue weighted by Gasteiger charge is 2.36. The molecule has 0 saturated carbocycles. The molecule has 5 nitrogen and oxygen atoms in total. The fraction of sp³-hybridized carbons (Fsp3) is 0.111. The summed E-state index contributed by atoms with van der Waals surface area (Å²) in [5, 5.41) is -0.320. The van der Waals surface area contributed by atoms with Crippen LogP contribution in [0.5, 0.6) is 11.5 Å². The molecule has 1 heterocycles. The smallest absolute Gasteiger partial charge is 0.298 e. The van der Waals surface area contributed by atoms with E-state index in [1.807, 2.05) is 18.2 Å². The summed E-state index contributed by atoms with van der Waals surface area (Å²) < 4.78 is 10.3. The number of hydrogen-bond acceptors (Lipinski definition) is 5. The van der Waals surface area contributed by atoms with E-state index in [1.54, 1.807) is 50.6 Å². The van der Waals surface area contributed by atoms with E-state index >= 15 is 0 Å². The van der Waals surface area contributed by atoms with E-state index in [2.05, 4.69) is 0 Å². The van der Waals surface area contributed by atoms with Crippen LogP contribution in [-0.2, 0) is 4.79 Å². The first kappa shape index (κ1) is 16.1. The highest BCUT2D eigenvalue weighted by atomic mass is 32.2. The second-order valence-corrected chi connectivity index (χ2v) is 5.98. The third-order valence-corrected chi connectivity index (χ3v) is 4.39. The van der Waals surface area contributed by atoms with E-state index < -0.39 is 0 Å². The quantitative estimate of drug-likeness (QED) is 0.788. The van der Waals surface area contributed by atoms with Gasteiger partial charge in [0, 0.05) is 0 Å². The summed E-state index contributed by atoms with van der Waals surface area (Å²) in [7, 11) is 3.14. The number of hydrogen-bond donors (Lipinski definition) is 0. The lowest BCUT2D eigenvalue weighted by atomic mass is 10.2. The molecule has 0 bridgehead atoms. The number of anilines is 1. The van der Waals surface area contributed by atoms with Gasteiger partial charge in [-0.05, 0) is 59.8 Å². The molecule has 1 aliphatic heterocycles. The zero-order chi connectivity index (χ0) is 17.1. The van der Waals surface area contributed by atoms with Gasteiger partial charge < -0.3 is 9.47 Å². The van der Waals surface area contributed by atoms with Crippen LogP contribution in [0.1, 0.15) is 5.56 Å². The first-order valence-corrected chi connectivity index (χ1v) is 8.00. The van der Waals surface area contributed by atoms with E-state index in [4.69, 9.17) is 9.47 Å². The van der Waals surface area contributed by atoms with Crippen molar-refractivity contribution in [2.45, 2.75) is 0 Å². The fourth-order valence-electron chi connectivity index (χ4n) is 2.30. The number of thioether (sulfide) groups is 1. The Morgan fingerprint density at radius 1 is 0.958 bits per heavy atom. The molecule has 1 saturated heterocycles. The second kappa shape index (κ2) is 6.80. The molecule has 0 radical (unpaired) electrons. The maximum absolute atomic E-state index is 12.6. The van der Waals surface area contributed by atoms with Crippen molar-refractivity contribution in [2.24, 2.45) is 0 Å². The van der Waals surface area contributed by atoms with Crippen LogP contribution in [0, 0.1) is 0 Å². The van der Waals surface area contributed by atoms with Gasteiger partial charge in [0.2, 0.25) is 0 Å². The molecule has 1 fully saturated rings. The maximum atomic E-state index is 12.6. The predicted molar refractivity (Wildman–Crippen MR) is 94.4 cm³/mol. The minimum atomic E-state index is -0.335. The van der Waals surface area contributed by atoms with Crippen molar-refractivity contribution in [3.05, 3.63) is 59.0 Å². The predicted octanol–water partition coefficient (Wildman–Crippen LogP) is 3.94. The summed E-state index contributed by atoms with van der Waals surface area (Å²) in [5.41, 5.74) is 1.32. The van der Waals surface area contributed by atoms with E-state index in [0.717, 1.165) is 22.2 Å². The topological polar surface area (TPSA) is 55.8 Å². The van der Waals surface area contributed by atoms with Crippen molar-refractivity contribution in [1.29, 1.82) is 0 Å². The second-order valence-electron chi connectivity index (χ2n) is 4.99. The molecule has 0 aliphatic carbocycles. The first-order valence-electron chi connectivity index (χ1n) is 7.18. The van der Waals surface area contributed by atoms with Crippen LogP contribution >= 0.6 is 11.8 Å². The Labute approximate surface area is 143 Å². The Morgan fingerprint density at radius 3 is 2.33 bits per heavy atom. The molecule has 2 aromatic carbocycles. The van der Waals surface area contributed by atoms with Crippen molar-refractivity contribution in [3.8, 4) is 11.5 Å². The number of benzene rings is 2. The molecule has 122 valence electrons. The van der Waals surface area contributed by atoms with Crippen LogP contribution in [0.4, 0.5) is 10.5 Å². The van der Waals surface area contributed by atoms with Gasteiger partial charge in [0.1, 0.15) is 11.5 Å². The van der Waals surface area contributed by atoms with Gasteiger partial charge in [-0.3, -0.25) is 9.59 Å². The molecule has 0 atom stereocenters. The summed E-state index contributed by atoms with van der Waals surface area (Å²) >= 11 is 0.921. The average Bonchev–Trinajstić information content (AvgIpc) is 2.89. The lowest BCUT2D eigenvalue weighted by Gasteiger charge is -2.12. The number of methoxy groups -OCH3 is 2. The van der Waals surface area contributed by atoms with Gasteiger partial charge in [-0.1, -0.05) is 12.1 Å². The van der Waals surface area contributed by atoms with Crippen LogP contribution in [0.3, 0.4) is 0 Å². The number of rotatable bonds is 4. The number of nitrogens with zero attached hydrogens (tertiary/aromatic N) is 1. The number of amides is 2. The van der Waals surface area contributed by atoms with Crippen LogP contribution in [-0.4, -0.2) is 25.4 Å². The molecule has 2 aromatic rings. The number of imide groups is 1. The molecule has 0 spiro atoms. The maximum Gasteiger partial charge on any atom is 0.298 e. The molecule has 6 heteroatoms. The van der Waals surface area contributed by atoms with Crippen LogP contribution in [0.2, 0.25) is 0 Å². The van der Waals surface area contributed by atoms with Gasteiger partial charge in [-0.25, -0.2) is 4.90 Å². The summed E-state index contributed by atoms with van der Waals surface area (Å²) in [6, 6.07) is 14.1. The van der Waals surface area contributed by atoms with Crippen LogP contribution < -0.4 is 14.4 Å². The van der Waals surface area contributed by atoms with Crippen molar-refractivity contribution in [2.75, 3.05) is 19.1 Å². The van der Waals surface area contributed by atoms with E-state index in [-0.39, 0.29) is 11.1 Å². The van der Waals surface area contributed by atoms with Crippen LogP contribution in [0.25, 0.3) is 6.08 Å². The SMILES string of the molecule is COc1ccc(N2C(=O)S/C(=C\c3cccc(OC)c3)C2=O)cc1.